The van der Waals surface area contributed by atoms with Crippen molar-refractivity contribution in [2.24, 2.45) is 0 Å². The van der Waals surface area contributed by atoms with Crippen LogP contribution in [0, 0.1) is 0 Å². The Morgan fingerprint density at radius 2 is 1.52 bits per heavy atom. The molecule has 0 aromatic heterocycles. The van der Waals surface area contributed by atoms with Gasteiger partial charge in [-0.3, -0.25) is 9.59 Å². The number of rotatable bonds is 14. The number of unbranched alkanes of at least 4 members (excludes halogenated alkanes) is 1. The van der Waals surface area contributed by atoms with Crippen molar-refractivity contribution in [3.05, 3.63) is 101 Å². The number of carbonyl (C=O) groups is 2. The summed E-state index contributed by atoms with van der Waals surface area (Å²) in [6.45, 7) is 2.19. The molecule has 1 N–H and O–H groups in total. The van der Waals surface area contributed by atoms with E-state index in [1.165, 1.54) is 19.0 Å². The van der Waals surface area contributed by atoms with Gasteiger partial charge in [0.25, 0.3) is 0 Å². The summed E-state index contributed by atoms with van der Waals surface area (Å²) in [5.74, 6) is -0.761. The second-order valence-electron chi connectivity index (χ2n) is 9.63. The molecule has 0 saturated heterocycles. The van der Waals surface area contributed by atoms with Crippen LogP contribution in [0.15, 0.2) is 89.4 Å². The van der Waals surface area contributed by atoms with Gasteiger partial charge in [-0.15, -0.1) is 0 Å². The van der Waals surface area contributed by atoms with Crippen molar-refractivity contribution < 1.29 is 18.0 Å². The average Bonchev–Trinajstić information content (AvgIpc) is 2.94. The highest BCUT2D eigenvalue weighted by atomic mass is 79.9. The number of halogens is 1. The Balaban J connectivity index is 2.05. The van der Waals surface area contributed by atoms with Crippen molar-refractivity contribution in [2.75, 3.05) is 31.5 Å². The maximum atomic E-state index is 14.2. The average molecular weight is 630 g/mol. The van der Waals surface area contributed by atoms with Crippen LogP contribution in [0.2, 0.25) is 0 Å². The van der Waals surface area contributed by atoms with Crippen LogP contribution in [0.5, 0.6) is 0 Å². The van der Waals surface area contributed by atoms with Crippen LogP contribution in [0.25, 0.3) is 0 Å². The van der Waals surface area contributed by atoms with Gasteiger partial charge in [0, 0.05) is 38.1 Å². The fourth-order valence-corrected chi connectivity index (χ4v) is 5.71. The van der Waals surface area contributed by atoms with E-state index in [1.54, 1.807) is 30.3 Å². The van der Waals surface area contributed by atoms with Crippen molar-refractivity contribution in [2.45, 2.75) is 38.8 Å². The number of hydrogen-bond donors (Lipinski definition) is 1. The minimum absolute atomic E-state index is 0.127. The summed E-state index contributed by atoms with van der Waals surface area (Å²) in [6, 6.07) is 24.7. The minimum atomic E-state index is -4.01. The summed E-state index contributed by atoms with van der Waals surface area (Å²) in [5.41, 5.74) is 2.06. The van der Waals surface area contributed by atoms with Crippen molar-refractivity contribution in [3.8, 4) is 0 Å². The molecule has 3 aromatic carbocycles. The van der Waals surface area contributed by atoms with E-state index < -0.39 is 28.7 Å². The smallest absolute Gasteiger partial charge is 0.304 e. The SMILES string of the molecule is CCCCNC(=O)[C@H](Cc1ccccc1)N(Cc1cccc(Br)c1)C(=O)CN(c1ccccc1)S(=O)(=O)N(C)C. The lowest BCUT2D eigenvalue weighted by Crippen LogP contribution is -2.54. The van der Waals surface area contributed by atoms with Crippen LogP contribution in [-0.4, -0.2) is 62.7 Å². The van der Waals surface area contributed by atoms with Crippen LogP contribution >= 0.6 is 15.9 Å². The highest BCUT2D eigenvalue weighted by Crippen LogP contribution is 2.22. The van der Waals surface area contributed by atoms with Gasteiger partial charge in [0.05, 0.1) is 5.69 Å². The molecule has 0 saturated carbocycles. The topological polar surface area (TPSA) is 90.0 Å². The summed E-state index contributed by atoms with van der Waals surface area (Å²) in [4.78, 5) is 29.3. The van der Waals surface area contributed by atoms with Crippen LogP contribution in [-0.2, 0) is 32.8 Å². The largest absolute Gasteiger partial charge is 0.354 e. The Morgan fingerprint density at radius 3 is 2.12 bits per heavy atom. The van der Waals surface area contributed by atoms with E-state index in [1.807, 2.05) is 61.5 Å². The van der Waals surface area contributed by atoms with Crippen molar-refractivity contribution >= 4 is 43.6 Å². The molecule has 0 spiro atoms. The van der Waals surface area contributed by atoms with Crippen molar-refractivity contribution in [1.82, 2.24) is 14.5 Å². The molecule has 0 radical (unpaired) electrons. The van der Waals surface area contributed by atoms with Crippen LogP contribution in [0.4, 0.5) is 5.69 Å². The maximum absolute atomic E-state index is 14.2. The van der Waals surface area contributed by atoms with Gasteiger partial charge >= 0.3 is 10.2 Å². The van der Waals surface area contributed by atoms with E-state index >= 15 is 0 Å². The fraction of sp³-hybridized carbons (Fsp3) is 0.333. The van der Waals surface area contributed by atoms with E-state index in [4.69, 9.17) is 0 Å². The molecule has 214 valence electrons. The number of para-hydroxylation sites is 1. The van der Waals surface area contributed by atoms with E-state index in [-0.39, 0.29) is 18.9 Å². The van der Waals surface area contributed by atoms with E-state index in [0.717, 1.165) is 37.1 Å². The third-order valence-corrected chi connectivity index (χ3v) is 8.72. The first-order valence-electron chi connectivity index (χ1n) is 13.2. The number of benzene rings is 3. The predicted molar refractivity (Wildman–Crippen MR) is 163 cm³/mol. The maximum Gasteiger partial charge on any atom is 0.304 e. The van der Waals surface area contributed by atoms with Gasteiger partial charge in [-0.2, -0.15) is 12.7 Å². The molecule has 3 aromatic rings. The molecule has 0 aliphatic rings. The summed E-state index contributed by atoms with van der Waals surface area (Å²) < 4.78 is 29.7. The highest BCUT2D eigenvalue weighted by molar-refractivity contribution is 9.10. The van der Waals surface area contributed by atoms with Gasteiger partial charge < -0.3 is 10.2 Å². The standard InChI is InChI=1S/C30H37BrN4O4S/c1-4-5-19-32-30(37)28(21-24-13-8-6-9-14-24)34(22-25-15-12-16-26(31)20-25)29(36)23-35(40(38,39)33(2)3)27-17-10-7-11-18-27/h6-18,20,28H,4-5,19,21-23H2,1-3H3,(H,32,37)/t28-/m0/s1. The van der Waals surface area contributed by atoms with Gasteiger partial charge in [-0.1, -0.05) is 89.9 Å². The number of carbonyl (C=O) groups excluding carboxylic acids is 2. The van der Waals surface area contributed by atoms with E-state index in [0.29, 0.717) is 12.2 Å². The predicted octanol–water partition coefficient (Wildman–Crippen LogP) is 4.62. The first-order chi connectivity index (χ1) is 19.1. The summed E-state index contributed by atoms with van der Waals surface area (Å²) >= 11 is 3.49. The molecular weight excluding hydrogens is 592 g/mol. The van der Waals surface area contributed by atoms with E-state index in [2.05, 4.69) is 21.2 Å². The minimum Gasteiger partial charge on any atom is -0.354 e. The van der Waals surface area contributed by atoms with Gasteiger partial charge in [0.15, 0.2) is 0 Å². The summed E-state index contributed by atoms with van der Waals surface area (Å²) in [5, 5.41) is 2.99. The van der Waals surface area contributed by atoms with E-state index in [9.17, 15) is 18.0 Å². The molecule has 8 nitrogen and oxygen atoms in total. The molecule has 0 fully saturated rings. The van der Waals surface area contributed by atoms with Crippen molar-refractivity contribution in [3.63, 3.8) is 0 Å². The number of amides is 2. The molecule has 1 atom stereocenters. The van der Waals surface area contributed by atoms with Crippen LogP contribution in [0.3, 0.4) is 0 Å². The lowest BCUT2D eigenvalue weighted by atomic mass is 10.0. The van der Waals surface area contributed by atoms with Crippen molar-refractivity contribution in [1.29, 1.82) is 0 Å². The molecule has 2 amide bonds. The monoisotopic (exact) mass is 628 g/mol. The Hall–Kier alpha value is -3.21. The zero-order valence-corrected chi connectivity index (χ0v) is 25.6. The molecule has 0 heterocycles. The molecule has 40 heavy (non-hydrogen) atoms. The van der Waals surface area contributed by atoms with Gasteiger partial charge in [-0.05, 0) is 41.8 Å². The molecule has 0 bridgehead atoms. The third-order valence-electron chi connectivity index (χ3n) is 6.41. The molecule has 3 rings (SSSR count). The van der Waals surface area contributed by atoms with Gasteiger partial charge in [0.1, 0.15) is 12.6 Å². The lowest BCUT2D eigenvalue weighted by Gasteiger charge is -2.34. The quantitative estimate of drug-likeness (QED) is 0.264. The second kappa shape index (κ2) is 15.0. The Labute approximate surface area is 246 Å². The molecule has 10 heteroatoms. The fourth-order valence-electron chi connectivity index (χ4n) is 4.20. The zero-order valence-electron chi connectivity index (χ0n) is 23.2. The summed E-state index contributed by atoms with van der Waals surface area (Å²) in [7, 11) is -1.16. The number of hydrogen-bond acceptors (Lipinski definition) is 4. The highest BCUT2D eigenvalue weighted by Gasteiger charge is 2.34. The molecule has 0 unspecified atom stereocenters. The number of anilines is 1. The normalized spacial score (nSPS) is 12.1. The molecule has 0 aliphatic carbocycles. The van der Waals surface area contributed by atoms with Gasteiger partial charge in [0.2, 0.25) is 11.8 Å². The first-order valence-corrected chi connectivity index (χ1v) is 15.4. The Bertz CT molecular complexity index is 1350. The number of nitrogens with one attached hydrogen (secondary N) is 1. The lowest BCUT2D eigenvalue weighted by molar-refractivity contribution is -0.140. The third kappa shape index (κ3) is 8.64. The molecular formula is C30H37BrN4O4S. The van der Waals surface area contributed by atoms with Crippen LogP contribution in [0.1, 0.15) is 30.9 Å². The zero-order chi connectivity index (χ0) is 29.1. The number of nitrogens with zero attached hydrogens (tertiary/aromatic N) is 3. The van der Waals surface area contributed by atoms with Crippen LogP contribution < -0.4 is 9.62 Å². The molecule has 0 aliphatic heterocycles. The first kappa shape index (κ1) is 31.3. The van der Waals surface area contributed by atoms with Gasteiger partial charge in [-0.25, -0.2) is 4.31 Å². The Kier molecular flexibility index (Phi) is 11.7. The second-order valence-corrected chi connectivity index (χ2v) is 12.6. The Morgan fingerprint density at radius 1 is 0.900 bits per heavy atom. The summed E-state index contributed by atoms with van der Waals surface area (Å²) in [6.07, 6.45) is 2.01.